The number of aromatic hydroxyl groups is 1. The number of phenols is 1. The molecule has 0 aliphatic rings. The minimum Gasteiger partial charge on any atom is -0.508 e. The lowest BCUT2D eigenvalue weighted by molar-refractivity contribution is -0.138. The molecule has 0 fully saturated rings. The fourth-order valence-electron chi connectivity index (χ4n) is 3.01. The highest BCUT2D eigenvalue weighted by atomic mass is 16.4. The summed E-state index contributed by atoms with van der Waals surface area (Å²) in [5.74, 6) is -2.94. The summed E-state index contributed by atoms with van der Waals surface area (Å²) in [6.45, 7) is 0.869. The van der Waals surface area contributed by atoms with Crippen LogP contribution in [0.15, 0.2) is 54.6 Å². The Bertz CT molecular complexity index is 965. The van der Waals surface area contributed by atoms with Gasteiger partial charge in [-0.05, 0) is 36.6 Å². The molecule has 0 saturated heterocycles. The lowest BCUT2D eigenvalue weighted by Crippen LogP contribution is -2.55. The van der Waals surface area contributed by atoms with Crippen molar-refractivity contribution < 1.29 is 29.4 Å². The van der Waals surface area contributed by atoms with Gasteiger partial charge in [-0.15, -0.1) is 0 Å². The summed E-state index contributed by atoms with van der Waals surface area (Å²) in [6.07, 6.45) is 0.341. The highest BCUT2D eigenvalue weighted by molar-refractivity contribution is 5.93. The number of carboxylic acid groups (broad SMARTS) is 1. The molecule has 2 rings (SSSR count). The first kappa shape index (κ1) is 25.3. The highest BCUT2D eigenvalue weighted by Crippen LogP contribution is 2.11. The van der Waals surface area contributed by atoms with Crippen molar-refractivity contribution in [2.24, 2.45) is 5.73 Å². The van der Waals surface area contributed by atoms with E-state index in [1.807, 2.05) is 0 Å². The number of carbonyl (C=O) groups excluding carboxylic acids is 3. The van der Waals surface area contributed by atoms with Crippen molar-refractivity contribution in [1.29, 1.82) is 0 Å². The minimum absolute atomic E-state index is 0.0968. The highest BCUT2D eigenvalue weighted by Gasteiger charge is 2.26. The summed E-state index contributed by atoms with van der Waals surface area (Å²) in [7, 11) is 0. The van der Waals surface area contributed by atoms with Crippen LogP contribution in [0.5, 0.6) is 5.75 Å². The average Bonchev–Trinajstić information content (AvgIpc) is 2.78. The van der Waals surface area contributed by atoms with Gasteiger partial charge >= 0.3 is 5.97 Å². The van der Waals surface area contributed by atoms with E-state index in [-0.39, 0.29) is 18.6 Å². The number of nitrogens with two attached hydrogens (primary N) is 1. The molecule has 0 radical (unpaired) electrons. The molecule has 10 nitrogen and oxygen atoms in total. The molecule has 176 valence electrons. The molecule has 10 heteroatoms. The maximum absolute atomic E-state index is 12.6. The fourth-order valence-corrected chi connectivity index (χ4v) is 3.01. The Hall–Kier alpha value is -3.92. The van der Waals surface area contributed by atoms with E-state index >= 15 is 0 Å². The second-order valence-electron chi connectivity index (χ2n) is 7.57. The molecule has 7 N–H and O–H groups in total. The molecule has 0 unspecified atom stereocenters. The number of phenolic OH excluding ortho intramolecular Hbond substituents is 1. The molecule has 0 heterocycles. The first-order valence-corrected chi connectivity index (χ1v) is 10.3. The van der Waals surface area contributed by atoms with Gasteiger partial charge in [0, 0.05) is 6.42 Å². The SMILES string of the molecule is C[C@@H](NC(=O)[C@@H](N)Cc1ccc(O)cc1)C(=O)N[C@@H](Cc1ccccc1)C(=O)NCC(=O)O. The minimum atomic E-state index is -1.21. The van der Waals surface area contributed by atoms with Crippen LogP contribution in [0, 0.1) is 0 Å². The van der Waals surface area contributed by atoms with Crippen LogP contribution < -0.4 is 21.7 Å². The van der Waals surface area contributed by atoms with Gasteiger partial charge in [-0.2, -0.15) is 0 Å². The predicted molar refractivity (Wildman–Crippen MR) is 120 cm³/mol. The molecule has 0 aliphatic carbocycles. The van der Waals surface area contributed by atoms with E-state index in [1.165, 1.54) is 19.1 Å². The third-order valence-electron chi connectivity index (χ3n) is 4.81. The molecular formula is C23H28N4O6. The lowest BCUT2D eigenvalue weighted by atomic mass is 10.0. The largest absolute Gasteiger partial charge is 0.508 e. The van der Waals surface area contributed by atoms with Crippen molar-refractivity contribution >= 4 is 23.7 Å². The van der Waals surface area contributed by atoms with E-state index in [2.05, 4.69) is 16.0 Å². The molecule has 3 amide bonds. The predicted octanol–water partition coefficient (Wildman–Crippen LogP) is -0.305. The Labute approximate surface area is 191 Å². The summed E-state index contributed by atoms with van der Waals surface area (Å²) >= 11 is 0. The standard InChI is InChI=1S/C23H28N4O6/c1-14(26-22(32)18(24)11-16-7-9-17(28)10-8-16)21(31)27-19(23(33)25-13-20(29)30)12-15-5-3-2-4-6-15/h2-10,14,18-19,28H,11-13,24H2,1H3,(H,25,33)(H,26,32)(H,27,31)(H,29,30)/t14-,18+,19+/m1/s1. The van der Waals surface area contributed by atoms with Crippen LogP contribution in [0.2, 0.25) is 0 Å². The summed E-state index contributed by atoms with van der Waals surface area (Å²) in [5, 5.41) is 25.5. The van der Waals surface area contributed by atoms with Gasteiger partial charge in [-0.3, -0.25) is 19.2 Å². The number of nitrogens with one attached hydrogen (secondary N) is 3. The summed E-state index contributed by atoms with van der Waals surface area (Å²) in [4.78, 5) is 48.3. The Morgan fingerprint density at radius 2 is 1.45 bits per heavy atom. The third kappa shape index (κ3) is 8.62. The monoisotopic (exact) mass is 456 g/mol. The summed E-state index contributed by atoms with van der Waals surface area (Å²) < 4.78 is 0. The molecule has 2 aromatic carbocycles. The van der Waals surface area contributed by atoms with Gasteiger partial charge in [0.25, 0.3) is 0 Å². The van der Waals surface area contributed by atoms with E-state index in [0.717, 1.165) is 11.1 Å². The van der Waals surface area contributed by atoms with Crippen molar-refractivity contribution in [3.05, 3.63) is 65.7 Å². The zero-order valence-electron chi connectivity index (χ0n) is 18.2. The summed E-state index contributed by atoms with van der Waals surface area (Å²) in [5.41, 5.74) is 7.44. The van der Waals surface area contributed by atoms with Crippen LogP contribution >= 0.6 is 0 Å². The van der Waals surface area contributed by atoms with Gasteiger partial charge in [0.2, 0.25) is 17.7 Å². The van der Waals surface area contributed by atoms with Crippen molar-refractivity contribution in [3.8, 4) is 5.75 Å². The van der Waals surface area contributed by atoms with Crippen LogP contribution in [0.25, 0.3) is 0 Å². The molecule has 3 atom stereocenters. The number of hydrogen-bond donors (Lipinski definition) is 6. The number of rotatable bonds is 11. The van der Waals surface area contributed by atoms with Crippen molar-refractivity contribution in [3.63, 3.8) is 0 Å². The van der Waals surface area contributed by atoms with Crippen molar-refractivity contribution in [2.45, 2.75) is 37.9 Å². The lowest BCUT2D eigenvalue weighted by Gasteiger charge is -2.22. The number of hydrogen-bond acceptors (Lipinski definition) is 6. The number of carboxylic acids is 1. The van der Waals surface area contributed by atoms with Crippen LogP contribution in [-0.4, -0.2) is 58.6 Å². The van der Waals surface area contributed by atoms with Gasteiger partial charge in [-0.25, -0.2) is 0 Å². The van der Waals surface area contributed by atoms with Crippen molar-refractivity contribution in [1.82, 2.24) is 16.0 Å². The molecule has 0 saturated carbocycles. The smallest absolute Gasteiger partial charge is 0.322 e. The Morgan fingerprint density at radius 1 is 0.848 bits per heavy atom. The van der Waals surface area contributed by atoms with E-state index in [0.29, 0.717) is 0 Å². The second-order valence-corrected chi connectivity index (χ2v) is 7.57. The second kappa shape index (κ2) is 12.2. The normalized spacial score (nSPS) is 13.3. The molecular weight excluding hydrogens is 428 g/mol. The maximum atomic E-state index is 12.6. The van der Waals surface area contributed by atoms with E-state index < -0.39 is 48.4 Å². The van der Waals surface area contributed by atoms with Gasteiger partial charge in [0.05, 0.1) is 6.04 Å². The first-order chi connectivity index (χ1) is 15.7. The van der Waals surface area contributed by atoms with Gasteiger partial charge in [0.1, 0.15) is 24.4 Å². The van der Waals surface area contributed by atoms with E-state index in [9.17, 15) is 24.3 Å². The average molecular weight is 456 g/mol. The topological polar surface area (TPSA) is 171 Å². The Balaban J connectivity index is 1.97. The van der Waals surface area contributed by atoms with Crippen LogP contribution in [0.3, 0.4) is 0 Å². The molecule has 0 aliphatic heterocycles. The van der Waals surface area contributed by atoms with E-state index in [4.69, 9.17) is 10.8 Å². The van der Waals surface area contributed by atoms with Crippen LogP contribution in [0.4, 0.5) is 0 Å². The first-order valence-electron chi connectivity index (χ1n) is 10.3. The quantitative estimate of drug-likeness (QED) is 0.269. The zero-order chi connectivity index (χ0) is 24.4. The van der Waals surface area contributed by atoms with Crippen molar-refractivity contribution in [2.75, 3.05) is 6.54 Å². The van der Waals surface area contributed by atoms with Crippen LogP contribution in [-0.2, 0) is 32.0 Å². The Morgan fingerprint density at radius 3 is 2.06 bits per heavy atom. The van der Waals surface area contributed by atoms with Crippen LogP contribution in [0.1, 0.15) is 18.1 Å². The molecule has 0 bridgehead atoms. The van der Waals surface area contributed by atoms with Gasteiger partial charge in [-0.1, -0.05) is 42.5 Å². The molecule has 0 aromatic heterocycles. The third-order valence-corrected chi connectivity index (χ3v) is 4.81. The maximum Gasteiger partial charge on any atom is 0.322 e. The van der Waals surface area contributed by atoms with Gasteiger partial charge < -0.3 is 31.9 Å². The number of aliphatic carboxylic acids is 1. The Kier molecular flexibility index (Phi) is 9.37. The number of carbonyl (C=O) groups is 4. The molecule has 33 heavy (non-hydrogen) atoms. The number of benzene rings is 2. The van der Waals surface area contributed by atoms with E-state index in [1.54, 1.807) is 42.5 Å². The number of amides is 3. The zero-order valence-corrected chi connectivity index (χ0v) is 18.2. The molecule has 0 spiro atoms. The van der Waals surface area contributed by atoms with Gasteiger partial charge in [0.15, 0.2) is 0 Å². The fraction of sp³-hybridized carbons (Fsp3) is 0.304. The molecule has 2 aromatic rings. The summed E-state index contributed by atoms with van der Waals surface area (Å²) in [6, 6.07) is 12.2.